The van der Waals surface area contributed by atoms with Gasteiger partial charge in [-0.25, -0.2) is 4.79 Å². The van der Waals surface area contributed by atoms with Crippen LogP contribution in [0.4, 0.5) is 4.79 Å². The highest BCUT2D eigenvalue weighted by molar-refractivity contribution is 5.64. The summed E-state index contributed by atoms with van der Waals surface area (Å²) >= 11 is 0. The van der Waals surface area contributed by atoms with Gasteiger partial charge in [0, 0.05) is 11.5 Å². The highest BCUT2D eigenvalue weighted by Crippen LogP contribution is 2.18. The molecule has 1 amide bonds. The smallest absolute Gasteiger partial charge is 0.404 e. The zero-order chi connectivity index (χ0) is 9.07. The molecule has 1 unspecified atom stereocenters. The van der Waals surface area contributed by atoms with Crippen LogP contribution in [0.2, 0.25) is 0 Å². The van der Waals surface area contributed by atoms with Crippen molar-refractivity contribution < 1.29 is 15.0 Å². The van der Waals surface area contributed by atoms with Crippen LogP contribution in [-0.2, 0) is 0 Å². The fraction of sp³-hybridized carbons (Fsp3) is 0.857. The molecule has 4 heteroatoms. The van der Waals surface area contributed by atoms with Crippen molar-refractivity contribution in [1.29, 1.82) is 0 Å². The molecule has 0 aliphatic rings. The molecule has 0 aliphatic carbocycles. The van der Waals surface area contributed by atoms with E-state index in [1.807, 2.05) is 0 Å². The molecule has 0 saturated carbocycles. The number of aliphatic hydroxyl groups is 1. The van der Waals surface area contributed by atoms with Crippen molar-refractivity contribution in [1.82, 2.24) is 5.32 Å². The Kier molecular flexibility index (Phi) is 3.32. The Bertz CT molecular complexity index is 145. The number of carbonyl (C=O) groups is 1. The molecule has 11 heavy (non-hydrogen) atoms. The molecule has 0 rings (SSSR count). The Labute approximate surface area is 66.2 Å². The summed E-state index contributed by atoms with van der Waals surface area (Å²) in [6.45, 7) is 5.29. The summed E-state index contributed by atoms with van der Waals surface area (Å²) in [5, 5.41) is 19.5. The first-order valence-electron chi connectivity index (χ1n) is 3.50. The summed E-state index contributed by atoms with van der Waals surface area (Å²) in [7, 11) is 0. The number of amides is 1. The lowest BCUT2D eigenvalue weighted by Gasteiger charge is -2.29. The maximum atomic E-state index is 10.2. The molecule has 0 radical (unpaired) electrons. The van der Waals surface area contributed by atoms with E-state index in [-0.39, 0.29) is 12.6 Å². The second kappa shape index (κ2) is 3.57. The van der Waals surface area contributed by atoms with Crippen molar-refractivity contribution in [2.24, 2.45) is 5.41 Å². The van der Waals surface area contributed by atoms with Crippen LogP contribution in [0.1, 0.15) is 20.8 Å². The summed E-state index contributed by atoms with van der Waals surface area (Å²) in [4.78, 5) is 10.2. The summed E-state index contributed by atoms with van der Waals surface area (Å²) < 4.78 is 0. The van der Waals surface area contributed by atoms with E-state index in [0.29, 0.717) is 0 Å². The van der Waals surface area contributed by atoms with Crippen LogP contribution in [0, 0.1) is 5.41 Å². The number of hydrogen-bond acceptors (Lipinski definition) is 2. The Morgan fingerprint density at radius 1 is 1.64 bits per heavy atom. The highest BCUT2D eigenvalue weighted by atomic mass is 16.4. The first-order chi connectivity index (χ1) is 4.90. The van der Waals surface area contributed by atoms with Crippen molar-refractivity contribution in [2.75, 3.05) is 6.61 Å². The monoisotopic (exact) mass is 161 g/mol. The van der Waals surface area contributed by atoms with Gasteiger partial charge >= 0.3 is 6.09 Å². The molecule has 0 heterocycles. The largest absolute Gasteiger partial charge is 0.465 e. The Morgan fingerprint density at radius 3 is 2.36 bits per heavy atom. The summed E-state index contributed by atoms with van der Waals surface area (Å²) in [5.41, 5.74) is -0.404. The Balaban J connectivity index is 4.01. The average Bonchev–Trinajstić information content (AvgIpc) is 1.86. The zero-order valence-corrected chi connectivity index (χ0v) is 7.09. The molecule has 0 aliphatic heterocycles. The third kappa shape index (κ3) is 3.23. The van der Waals surface area contributed by atoms with E-state index in [0.717, 1.165) is 0 Å². The second-order valence-electron chi connectivity index (χ2n) is 3.32. The molecular weight excluding hydrogens is 146 g/mol. The normalized spacial score (nSPS) is 14.2. The highest BCUT2D eigenvalue weighted by Gasteiger charge is 2.25. The second-order valence-corrected chi connectivity index (χ2v) is 3.32. The van der Waals surface area contributed by atoms with Gasteiger partial charge in [-0.05, 0) is 6.92 Å². The van der Waals surface area contributed by atoms with Gasteiger partial charge in [-0.2, -0.15) is 0 Å². The van der Waals surface area contributed by atoms with Gasteiger partial charge in [0.25, 0.3) is 0 Å². The average molecular weight is 161 g/mol. The summed E-state index contributed by atoms with van der Waals surface area (Å²) in [6.07, 6.45) is -1.06. The summed E-state index contributed by atoms with van der Waals surface area (Å²) in [6, 6.07) is -0.245. The van der Waals surface area contributed by atoms with E-state index in [2.05, 4.69) is 5.32 Å². The van der Waals surface area contributed by atoms with Crippen molar-refractivity contribution in [3.8, 4) is 0 Å². The lowest BCUT2D eigenvalue weighted by molar-refractivity contribution is 0.117. The predicted molar refractivity (Wildman–Crippen MR) is 41.5 cm³/mol. The van der Waals surface area contributed by atoms with E-state index in [1.165, 1.54) is 0 Å². The number of rotatable bonds is 3. The first-order valence-corrected chi connectivity index (χ1v) is 3.50. The van der Waals surface area contributed by atoms with E-state index in [9.17, 15) is 4.79 Å². The fourth-order valence-electron chi connectivity index (χ4n) is 0.518. The number of carboxylic acid groups (broad SMARTS) is 1. The number of hydrogen-bond donors (Lipinski definition) is 3. The Morgan fingerprint density at radius 2 is 2.09 bits per heavy atom. The SMILES string of the molecule is CC(NC(=O)O)C(C)(C)CO. The van der Waals surface area contributed by atoms with Crippen molar-refractivity contribution >= 4 is 6.09 Å². The van der Waals surface area contributed by atoms with Crippen LogP contribution >= 0.6 is 0 Å². The van der Waals surface area contributed by atoms with E-state index >= 15 is 0 Å². The lowest BCUT2D eigenvalue weighted by Crippen LogP contribution is -2.44. The maximum absolute atomic E-state index is 10.2. The van der Waals surface area contributed by atoms with Gasteiger partial charge in [-0.1, -0.05) is 13.8 Å². The van der Waals surface area contributed by atoms with E-state index in [1.54, 1.807) is 20.8 Å². The molecule has 0 fully saturated rings. The molecule has 0 aromatic carbocycles. The van der Waals surface area contributed by atoms with Crippen molar-refractivity contribution in [3.05, 3.63) is 0 Å². The quantitative estimate of drug-likeness (QED) is 0.569. The van der Waals surface area contributed by atoms with Crippen LogP contribution in [0.3, 0.4) is 0 Å². The molecule has 4 nitrogen and oxygen atoms in total. The van der Waals surface area contributed by atoms with Gasteiger partial charge in [-0.3, -0.25) is 0 Å². The Hall–Kier alpha value is -0.770. The van der Waals surface area contributed by atoms with E-state index in [4.69, 9.17) is 10.2 Å². The molecule has 0 saturated heterocycles. The van der Waals surface area contributed by atoms with Crippen LogP contribution in [0.15, 0.2) is 0 Å². The molecular formula is C7H15NO3. The number of nitrogens with one attached hydrogen (secondary N) is 1. The minimum absolute atomic E-state index is 0.0333. The maximum Gasteiger partial charge on any atom is 0.404 e. The molecule has 0 aromatic rings. The fourth-order valence-corrected chi connectivity index (χ4v) is 0.518. The lowest BCUT2D eigenvalue weighted by atomic mass is 9.87. The van der Waals surface area contributed by atoms with Crippen LogP contribution < -0.4 is 5.32 Å². The van der Waals surface area contributed by atoms with Gasteiger partial charge in [-0.15, -0.1) is 0 Å². The molecule has 0 bridgehead atoms. The molecule has 66 valence electrons. The van der Waals surface area contributed by atoms with Crippen LogP contribution in [-0.4, -0.2) is 29.0 Å². The zero-order valence-electron chi connectivity index (χ0n) is 7.09. The minimum Gasteiger partial charge on any atom is -0.465 e. The summed E-state index contributed by atoms with van der Waals surface area (Å²) in [5.74, 6) is 0. The molecule has 1 atom stereocenters. The predicted octanol–water partition coefficient (Wildman–Crippen LogP) is 0.661. The van der Waals surface area contributed by atoms with Crippen LogP contribution in [0.25, 0.3) is 0 Å². The third-order valence-electron chi connectivity index (χ3n) is 1.92. The van der Waals surface area contributed by atoms with Gasteiger partial charge in [0.2, 0.25) is 0 Å². The third-order valence-corrected chi connectivity index (χ3v) is 1.92. The van der Waals surface area contributed by atoms with Crippen molar-refractivity contribution in [3.63, 3.8) is 0 Å². The number of aliphatic hydroxyl groups excluding tert-OH is 1. The first kappa shape index (κ1) is 10.2. The van der Waals surface area contributed by atoms with Gasteiger partial charge in [0.15, 0.2) is 0 Å². The topological polar surface area (TPSA) is 69.6 Å². The van der Waals surface area contributed by atoms with Crippen LogP contribution in [0.5, 0.6) is 0 Å². The molecule has 0 aromatic heterocycles. The van der Waals surface area contributed by atoms with Gasteiger partial charge < -0.3 is 15.5 Å². The molecule has 0 spiro atoms. The van der Waals surface area contributed by atoms with Gasteiger partial charge in [0.1, 0.15) is 0 Å². The van der Waals surface area contributed by atoms with Crippen molar-refractivity contribution in [2.45, 2.75) is 26.8 Å². The standard InChI is InChI=1S/C7H15NO3/c1-5(8-6(10)11)7(2,3)4-9/h5,8-9H,4H2,1-3H3,(H,10,11). The minimum atomic E-state index is -1.06. The van der Waals surface area contributed by atoms with E-state index < -0.39 is 11.5 Å². The van der Waals surface area contributed by atoms with Gasteiger partial charge in [0.05, 0.1) is 6.61 Å². The molecule has 3 N–H and O–H groups in total.